The van der Waals surface area contributed by atoms with Crippen LogP contribution >= 0.6 is 27.5 Å². The van der Waals surface area contributed by atoms with Gasteiger partial charge in [-0.1, -0.05) is 189 Å². The molecule has 1 heterocycles. The lowest BCUT2D eigenvalue weighted by Gasteiger charge is -2.21. The lowest BCUT2D eigenvalue weighted by atomic mass is 9.83. The third-order valence-corrected chi connectivity index (χ3v) is 11.3. The molecule has 0 amide bonds. The van der Waals surface area contributed by atoms with Gasteiger partial charge in [0.2, 0.25) is 0 Å². The van der Waals surface area contributed by atoms with Crippen molar-refractivity contribution >= 4 is 44.3 Å². The number of hydrogen-bond acceptors (Lipinski definition) is 8. The molecule has 0 spiro atoms. The van der Waals surface area contributed by atoms with Gasteiger partial charge in [0.15, 0.2) is 22.5 Å². The quantitative estimate of drug-likeness (QED) is 0.0455. The number of carbonyl (C=O) groups excluding carboxylic acids is 2. The third kappa shape index (κ3) is 12.2. The molecule has 0 bridgehead atoms. The summed E-state index contributed by atoms with van der Waals surface area (Å²) in [6, 6.07) is 41.2. The number of halogens is 2. The minimum atomic E-state index is -0.509. The molecule has 10 heteroatoms. The van der Waals surface area contributed by atoms with Crippen molar-refractivity contribution in [2.45, 2.75) is 77.0 Å². The van der Waals surface area contributed by atoms with Crippen LogP contribution < -0.4 is 0 Å². The summed E-state index contributed by atoms with van der Waals surface area (Å²) in [6.07, 6.45) is 1.24. The van der Waals surface area contributed by atoms with Gasteiger partial charge in [-0.3, -0.25) is 9.59 Å². The zero-order valence-corrected chi connectivity index (χ0v) is 37.2. The van der Waals surface area contributed by atoms with Gasteiger partial charge in [-0.25, -0.2) is 0 Å². The third-order valence-electron chi connectivity index (χ3n) is 10.5. The lowest BCUT2D eigenvalue weighted by Crippen LogP contribution is -2.14. The first-order valence-corrected chi connectivity index (χ1v) is 20.9. The number of aliphatic hydroxyl groups is 2. The molecule has 5 aromatic carbocycles. The van der Waals surface area contributed by atoms with E-state index in [-0.39, 0.29) is 39.4 Å². The van der Waals surface area contributed by atoms with E-state index in [1.807, 2.05) is 66.7 Å². The summed E-state index contributed by atoms with van der Waals surface area (Å²) >= 11 is 9.63. The molecular formula is C50H52BrClN2O6. The van der Waals surface area contributed by atoms with E-state index in [2.05, 4.69) is 104 Å². The van der Waals surface area contributed by atoms with E-state index in [9.17, 15) is 9.59 Å². The first-order chi connectivity index (χ1) is 28.5. The monoisotopic (exact) mass is 890 g/mol. The topological polar surface area (TPSA) is 133 Å². The molecule has 8 nitrogen and oxygen atoms in total. The average Bonchev–Trinajstić information content (AvgIpc) is 3.74. The van der Waals surface area contributed by atoms with Gasteiger partial charge in [-0.2, -0.15) is 0 Å². The van der Waals surface area contributed by atoms with Gasteiger partial charge in [0.1, 0.15) is 13.2 Å². The Bertz CT molecular complexity index is 2360. The molecule has 2 atom stereocenters. The Morgan fingerprint density at radius 1 is 0.667 bits per heavy atom. The van der Waals surface area contributed by atoms with E-state index in [0.29, 0.717) is 24.0 Å². The van der Waals surface area contributed by atoms with Crippen LogP contribution in [0.15, 0.2) is 142 Å². The maximum Gasteiger partial charge on any atom is 0.188 e. The summed E-state index contributed by atoms with van der Waals surface area (Å²) in [6.45, 7) is 12.1. The summed E-state index contributed by atoms with van der Waals surface area (Å²) in [7, 11) is 0. The second-order valence-electron chi connectivity index (χ2n) is 16.9. The second kappa shape index (κ2) is 20.4. The molecule has 1 aromatic heterocycles. The minimum Gasteiger partial charge on any atom is -0.410 e. The average molecular weight is 892 g/mol. The molecule has 3 N–H and O–H groups in total. The first-order valence-electron chi connectivity index (χ1n) is 19.8. The summed E-state index contributed by atoms with van der Waals surface area (Å²) in [5.41, 5.74) is 9.55. The van der Waals surface area contributed by atoms with Gasteiger partial charge in [0.05, 0.1) is 5.69 Å². The fraction of sp³-hybridized carbons (Fsp3) is 0.280. The molecule has 0 saturated carbocycles. The van der Waals surface area contributed by atoms with Crippen LogP contribution in [0.3, 0.4) is 0 Å². The zero-order chi connectivity index (χ0) is 43.6. The van der Waals surface area contributed by atoms with Gasteiger partial charge in [0.25, 0.3) is 0 Å². The number of hydrogen-bond donors (Lipinski definition) is 3. The van der Waals surface area contributed by atoms with E-state index >= 15 is 0 Å². The van der Waals surface area contributed by atoms with Crippen molar-refractivity contribution in [2.75, 3.05) is 13.2 Å². The Hall–Kier alpha value is -5.19. The molecule has 0 saturated heterocycles. The molecule has 0 radical (unpaired) electrons. The molecule has 0 aliphatic rings. The molecule has 6 rings (SSSR count). The summed E-state index contributed by atoms with van der Waals surface area (Å²) in [5, 5.41) is 35.0. The number of oxime groups is 1. The fourth-order valence-electron chi connectivity index (χ4n) is 6.74. The number of Topliss-reactive ketones (excluding diaryl/α,β-unsaturated/α-hetero) is 2. The molecule has 312 valence electrons. The number of ketones is 2. The Kier molecular flexibility index (Phi) is 15.6. The zero-order valence-electron chi connectivity index (χ0n) is 34.8. The number of benzene rings is 5. The van der Waals surface area contributed by atoms with Crippen LogP contribution in [0.25, 0.3) is 11.3 Å². The smallest absolute Gasteiger partial charge is 0.188 e. The summed E-state index contributed by atoms with van der Waals surface area (Å²) in [5.74, 6) is -0.170. The van der Waals surface area contributed by atoms with Crippen LogP contribution in [0.1, 0.15) is 113 Å². The molecule has 0 aliphatic carbocycles. The fourth-order valence-corrected chi connectivity index (χ4v) is 7.21. The van der Waals surface area contributed by atoms with E-state index in [0.717, 1.165) is 43.7 Å². The molecule has 0 aliphatic heterocycles. The molecule has 60 heavy (non-hydrogen) atoms. The number of carbonyl (C=O) groups is 2. The van der Waals surface area contributed by atoms with Gasteiger partial charge in [-0.05, 0) is 69.2 Å². The highest BCUT2D eigenvalue weighted by Crippen LogP contribution is 2.34. The summed E-state index contributed by atoms with van der Waals surface area (Å²) < 4.78 is 6.75. The number of nitrogens with zero attached hydrogens (tertiary/aromatic N) is 2. The Labute approximate surface area is 366 Å². The molecule has 0 fully saturated rings. The normalized spacial score (nSPS) is 12.9. The predicted molar refractivity (Wildman–Crippen MR) is 243 cm³/mol. The van der Waals surface area contributed by atoms with E-state index < -0.39 is 13.2 Å². The van der Waals surface area contributed by atoms with Gasteiger partial charge in [0, 0.05) is 39.1 Å². The number of aromatic nitrogens is 1. The van der Waals surface area contributed by atoms with Crippen molar-refractivity contribution in [3.05, 3.63) is 182 Å². The van der Waals surface area contributed by atoms with Gasteiger partial charge < -0.3 is 19.9 Å². The van der Waals surface area contributed by atoms with Crippen LogP contribution in [0.5, 0.6) is 0 Å². The van der Waals surface area contributed by atoms with Crippen LogP contribution in [-0.2, 0) is 23.7 Å². The van der Waals surface area contributed by atoms with Crippen LogP contribution in [0.4, 0.5) is 0 Å². The largest absolute Gasteiger partial charge is 0.410 e. The maximum atomic E-state index is 11.8. The highest BCUT2D eigenvalue weighted by Gasteiger charge is 2.23. The van der Waals surface area contributed by atoms with Crippen molar-refractivity contribution in [3.63, 3.8) is 0 Å². The van der Waals surface area contributed by atoms with Crippen molar-refractivity contribution in [1.82, 2.24) is 5.16 Å². The maximum absolute atomic E-state index is 11.8. The standard InChI is InChI=1S/C29H28BrNO3.C21H24ClNO3/c1-29(2,3)23-12-8-20(9-13-23)25(16-19-4-6-21(7-5-19)27(33)18-32)26-17-28(34-31-26)22-10-14-24(30)15-11-22;1-21(2,3)17-10-8-15(9-11-17)18(20(22)23-26)12-14-4-6-16(7-5-14)19(25)13-24/h4-15,17,25,32H,16,18H2,1-3H3;4-11,18,24,26H,12-13H2,1-3H3/b;23-20-. The second-order valence-corrected chi connectivity index (χ2v) is 18.2. The predicted octanol–water partition coefficient (Wildman–Crippen LogP) is 11.5. The van der Waals surface area contributed by atoms with Crippen molar-refractivity contribution in [2.24, 2.45) is 5.16 Å². The highest BCUT2D eigenvalue weighted by molar-refractivity contribution is 9.10. The lowest BCUT2D eigenvalue weighted by molar-refractivity contribution is 0.0898. The number of rotatable bonds is 13. The SMILES string of the molecule is CC(C)(C)c1ccc(C(Cc2ccc(C(=O)CO)cc2)/C(Cl)=N/O)cc1.CC(C)(C)c1ccc(C(Cc2ccc(C(=O)CO)cc2)c2cc(-c3ccc(Br)cc3)on2)cc1. The highest BCUT2D eigenvalue weighted by atomic mass is 79.9. The molecule has 6 aromatic rings. The van der Waals surface area contributed by atoms with Crippen molar-refractivity contribution in [1.29, 1.82) is 0 Å². The Morgan fingerprint density at radius 2 is 1.12 bits per heavy atom. The summed E-state index contributed by atoms with van der Waals surface area (Å²) in [4.78, 5) is 23.3. The first kappa shape index (κ1) is 45.9. The van der Waals surface area contributed by atoms with E-state index in [1.165, 1.54) is 11.1 Å². The van der Waals surface area contributed by atoms with Crippen molar-refractivity contribution < 1.29 is 29.5 Å². The van der Waals surface area contributed by atoms with Crippen LogP contribution in [0, 0.1) is 0 Å². The molecule has 2 unspecified atom stereocenters. The number of aliphatic hydroxyl groups excluding tert-OH is 2. The molecular weight excluding hydrogens is 840 g/mol. The van der Waals surface area contributed by atoms with E-state index in [4.69, 9.17) is 31.5 Å². The van der Waals surface area contributed by atoms with Crippen LogP contribution in [-0.4, -0.2) is 50.5 Å². The minimum absolute atomic E-state index is 0.0126. The Balaban J connectivity index is 0.000000237. The van der Waals surface area contributed by atoms with E-state index in [1.54, 1.807) is 24.3 Å². The van der Waals surface area contributed by atoms with Gasteiger partial charge >= 0.3 is 0 Å². The Morgan fingerprint density at radius 3 is 1.55 bits per heavy atom. The van der Waals surface area contributed by atoms with Crippen LogP contribution in [0.2, 0.25) is 0 Å². The van der Waals surface area contributed by atoms with Gasteiger partial charge in [-0.15, -0.1) is 0 Å². The van der Waals surface area contributed by atoms with Crippen molar-refractivity contribution in [3.8, 4) is 11.3 Å².